The van der Waals surface area contributed by atoms with Crippen LogP contribution >= 0.6 is 23.4 Å². The van der Waals surface area contributed by atoms with Crippen LogP contribution in [0.25, 0.3) is 0 Å². The summed E-state index contributed by atoms with van der Waals surface area (Å²) in [6.45, 7) is 5.69. The Morgan fingerprint density at radius 2 is 1.80 bits per heavy atom. The summed E-state index contributed by atoms with van der Waals surface area (Å²) in [6, 6.07) is 9.02. The van der Waals surface area contributed by atoms with Crippen molar-refractivity contribution in [3.63, 3.8) is 0 Å². The van der Waals surface area contributed by atoms with Gasteiger partial charge < -0.3 is 9.30 Å². The fourth-order valence-electron chi connectivity index (χ4n) is 3.02. The Kier molecular flexibility index (Phi) is 6.67. The molecule has 0 bridgehead atoms. The zero-order valence-electron chi connectivity index (χ0n) is 16.9. The molecule has 0 N–H and O–H groups in total. The van der Waals surface area contributed by atoms with Gasteiger partial charge in [0.25, 0.3) is 0 Å². The van der Waals surface area contributed by atoms with Crippen LogP contribution in [0.2, 0.25) is 5.02 Å². The predicted octanol–water partition coefficient (Wildman–Crippen LogP) is 6.54. The van der Waals surface area contributed by atoms with Gasteiger partial charge in [0.15, 0.2) is 17.1 Å². The standard InChI is InChI=1S/C21H21ClF3N3OS/c1-12-8-17(9-13(2)18(12)22)29-14(3)19-26-27-20(28(19)4)30-11-15-6-5-7-16(10-15)21(23,24)25/h5-10,14H,11H2,1-4H3. The second-order valence-electron chi connectivity index (χ2n) is 7.02. The third-order valence-electron chi connectivity index (χ3n) is 4.58. The highest BCUT2D eigenvalue weighted by Gasteiger charge is 2.30. The Hall–Kier alpha value is -2.19. The quantitative estimate of drug-likeness (QED) is 0.396. The molecule has 0 amide bonds. The van der Waals surface area contributed by atoms with Crippen molar-refractivity contribution >= 4 is 23.4 Å². The number of hydrogen-bond donors (Lipinski definition) is 0. The van der Waals surface area contributed by atoms with E-state index < -0.39 is 11.7 Å². The third-order valence-corrected chi connectivity index (χ3v) is 6.26. The number of alkyl halides is 3. The first-order valence-corrected chi connectivity index (χ1v) is 10.5. The van der Waals surface area contributed by atoms with Gasteiger partial charge in [-0.2, -0.15) is 13.2 Å². The molecule has 9 heteroatoms. The Morgan fingerprint density at radius 3 is 2.43 bits per heavy atom. The zero-order chi connectivity index (χ0) is 22.1. The van der Waals surface area contributed by atoms with Crippen molar-refractivity contribution in [1.82, 2.24) is 14.8 Å². The highest BCUT2D eigenvalue weighted by molar-refractivity contribution is 7.98. The molecule has 3 aromatic rings. The Morgan fingerprint density at radius 1 is 1.13 bits per heavy atom. The number of nitrogens with zero attached hydrogens (tertiary/aromatic N) is 3. The van der Waals surface area contributed by atoms with E-state index >= 15 is 0 Å². The Labute approximate surface area is 182 Å². The molecule has 1 unspecified atom stereocenters. The molecule has 3 rings (SSSR count). The molecule has 2 aromatic carbocycles. The first kappa shape index (κ1) is 22.5. The minimum atomic E-state index is -4.36. The van der Waals surface area contributed by atoms with Gasteiger partial charge in [0.2, 0.25) is 0 Å². The number of ether oxygens (including phenoxy) is 1. The van der Waals surface area contributed by atoms with Gasteiger partial charge in [0.1, 0.15) is 5.75 Å². The lowest BCUT2D eigenvalue weighted by Crippen LogP contribution is -2.10. The van der Waals surface area contributed by atoms with E-state index in [1.54, 1.807) is 10.6 Å². The van der Waals surface area contributed by atoms with Crippen molar-refractivity contribution in [2.45, 2.75) is 44.0 Å². The van der Waals surface area contributed by atoms with E-state index in [0.29, 0.717) is 33.1 Å². The van der Waals surface area contributed by atoms with E-state index in [1.807, 2.05) is 40.0 Å². The van der Waals surface area contributed by atoms with Crippen molar-refractivity contribution < 1.29 is 17.9 Å². The highest BCUT2D eigenvalue weighted by Crippen LogP contribution is 2.32. The molecule has 0 saturated carbocycles. The summed E-state index contributed by atoms with van der Waals surface area (Å²) >= 11 is 7.52. The summed E-state index contributed by atoms with van der Waals surface area (Å²) in [6.07, 6.45) is -4.73. The number of halogens is 4. The summed E-state index contributed by atoms with van der Waals surface area (Å²) in [5.74, 6) is 1.65. The van der Waals surface area contributed by atoms with Crippen molar-refractivity contribution in [1.29, 1.82) is 0 Å². The molecule has 0 aliphatic carbocycles. The number of aryl methyl sites for hydroxylation is 2. The Balaban J connectivity index is 1.70. The lowest BCUT2D eigenvalue weighted by atomic mass is 10.1. The third kappa shape index (κ3) is 5.10. The topological polar surface area (TPSA) is 39.9 Å². The molecule has 1 atom stereocenters. The average molecular weight is 456 g/mol. The highest BCUT2D eigenvalue weighted by atomic mass is 35.5. The van der Waals surface area contributed by atoms with Gasteiger partial charge in [0.05, 0.1) is 5.56 Å². The second-order valence-corrected chi connectivity index (χ2v) is 8.34. The molecule has 160 valence electrons. The van der Waals surface area contributed by atoms with Gasteiger partial charge in [-0.05, 0) is 55.7 Å². The lowest BCUT2D eigenvalue weighted by molar-refractivity contribution is -0.137. The number of aromatic nitrogens is 3. The van der Waals surface area contributed by atoms with E-state index in [4.69, 9.17) is 16.3 Å². The summed E-state index contributed by atoms with van der Waals surface area (Å²) in [7, 11) is 1.81. The average Bonchev–Trinajstić information content (AvgIpc) is 3.04. The second kappa shape index (κ2) is 8.89. The number of thioether (sulfide) groups is 1. The van der Waals surface area contributed by atoms with E-state index in [-0.39, 0.29) is 6.10 Å². The SMILES string of the molecule is Cc1cc(OC(C)c2nnc(SCc3cccc(C(F)(F)F)c3)n2C)cc(C)c1Cl. The monoisotopic (exact) mass is 455 g/mol. The number of rotatable bonds is 6. The maximum absolute atomic E-state index is 12.9. The van der Waals surface area contributed by atoms with Gasteiger partial charge in [0, 0.05) is 17.8 Å². The summed E-state index contributed by atoms with van der Waals surface area (Å²) in [5.41, 5.74) is 1.76. The van der Waals surface area contributed by atoms with E-state index in [2.05, 4.69) is 10.2 Å². The summed E-state index contributed by atoms with van der Waals surface area (Å²) in [4.78, 5) is 0. The van der Waals surface area contributed by atoms with E-state index in [1.165, 1.54) is 17.8 Å². The van der Waals surface area contributed by atoms with Crippen LogP contribution in [0.4, 0.5) is 13.2 Å². The molecule has 0 fully saturated rings. The van der Waals surface area contributed by atoms with Gasteiger partial charge in [-0.1, -0.05) is 41.6 Å². The molecule has 30 heavy (non-hydrogen) atoms. The molecule has 0 radical (unpaired) electrons. The molecule has 4 nitrogen and oxygen atoms in total. The van der Waals surface area contributed by atoms with Gasteiger partial charge in [-0.3, -0.25) is 0 Å². The van der Waals surface area contributed by atoms with Crippen LogP contribution in [0.1, 0.15) is 41.1 Å². The van der Waals surface area contributed by atoms with Crippen molar-refractivity contribution in [2.75, 3.05) is 0 Å². The first-order valence-electron chi connectivity index (χ1n) is 9.18. The maximum atomic E-state index is 12.9. The molecule has 1 heterocycles. The van der Waals surface area contributed by atoms with Gasteiger partial charge in [-0.15, -0.1) is 10.2 Å². The normalized spacial score (nSPS) is 12.8. The minimum absolute atomic E-state index is 0.348. The largest absolute Gasteiger partial charge is 0.483 e. The number of benzene rings is 2. The molecule has 0 aliphatic heterocycles. The van der Waals surface area contributed by atoms with Crippen molar-refractivity contribution in [3.05, 3.63) is 69.5 Å². The lowest BCUT2D eigenvalue weighted by Gasteiger charge is -2.16. The van der Waals surface area contributed by atoms with Gasteiger partial charge in [-0.25, -0.2) is 0 Å². The van der Waals surface area contributed by atoms with Crippen LogP contribution in [-0.4, -0.2) is 14.8 Å². The van der Waals surface area contributed by atoms with E-state index in [9.17, 15) is 13.2 Å². The fraction of sp³-hybridized carbons (Fsp3) is 0.333. The molecule has 0 saturated heterocycles. The van der Waals surface area contributed by atoms with E-state index in [0.717, 1.165) is 23.3 Å². The van der Waals surface area contributed by atoms with Crippen molar-refractivity contribution in [2.24, 2.45) is 7.05 Å². The first-order chi connectivity index (χ1) is 14.1. The summed E-state index contributed by atoms with van der Waals surface area (Å²) in [5, 5.41) is 9.68. The van der Waals surface area contributed by atoms with Crippen LogP contribution in [-0.2, 0) is 19.0 Å². The predicted molar refractivity (Wildman–Crippen MR) is 112 cm³/mol. The minimum Gasteiger partial charge on any atom is -0.483 e. The zero-order valence-corrected chi connectivity index (χ0v) is 18.5. The van der Waals surface area contributed by atoms with Crippen LogP contribution in [0.5, 0.6) is 5.75 Å². The number of hydrogen-bond acceptors (Lipinski definition) is 4. The molecule has 1 aromatic heterocycles. The summed E-state index contributed by atoms with van der Waals surface area (Å²) < 4.78 is 46.5. The van der Waals surface area contributed by atoms with Crippen LogP contribution < -0.4 is 4.74 Å². The molecule has 0 spiro atoms. The molecular weight excluding hydrogens is 435 g/mol. The maximum Gasteiger partial charge on any atom is 0.416 e. The van der Waals surface area contributed by atoms with Gasteiger partial charge >= 0.3 is 6.18 Å². The van der Waals surface area contributed by atoms with Crippen molar-refractivity contribution in [3.8, 4) is 5.75 Å². The molecule has 0 aliphatic rings. The fourth-order valence-corrected chi connectivity index (χ4v) is 3.99. The van der Waals surface area contributed by atoms with Crippen LogP contribution in [0, 0.1) is 13.8 Å². The smallest absolute Gasteiger partial charge is 0.416 e. The van der Waals surface area contributed by atoms with Crippen LogP contribution in [0.3, 0.4) is 0 Å². The van der Waals surface area contributed by atoms with Crippen LogP contribution in [0.15, 0.2) is 41.6 Å². The Bertz CT molecular complexity index is 1030. The molecular formula is C21H21ClF3N3OS.